The number of carbonyl (C=O) groups is 1. The van der Waals surface area contributed by atoms with Crippen LogP contribution in [0.4, 0.5) is 10.3 Å². The fourth-order valence-corrected chi connectivity index (χ4v) is 2.11. The van der Waals surface area contributed by atoms with Gasteiger partial charge in [-0.1, -0.05) is 12.1 Å². The zero-order valence-corrected chi connectivity index (χ0v) is 12.9. The number of amides is 1. The van der Waals surface area contributed by atoms with Gasteiger partial charge in [-0.25, -0.2) is 14.4 Å². The Morgan fingerprint density at radius 3 is 2.32 bits per heavy atom. The predicted octanol–water partition coefficient (Wildman–Crippen LogP) is 2.41. The highest BCUT2D eigenvalue weighted by Gasteiger charge is 2.22. The molecule has 0 saturated heterocycles. The third-order valence-electron chi connectivity index (χ3n) is 3.15. The average Bonchev–Trinajstić information content (AvgIpc) is 2.49. The van der Waals surface area contributed by atoms with Gasteiger partial charge in [-0.3, -0.25) is 4.79 Å². The minimum absolute atomic E-state index is 0.241. The summed E-state index contributed by atoms with van der Waals surface area (Å²) in [7, 11) is 1.71. The smallest absolute Gasteiger partial charge is 0.254 e. The van der Waals surface area contributed by atoms with E-state index in [0.717, 1.165) is 5.56 Å². The van der Waals surface area contributed by atoms with E-state index in [-0.39, 0.29) is 11.7 Å². The van der Waals surface area contributed by atoms with Crippen LogP contribution in [0.15, 0.2) is 36.7 Å². The molecule has 0 atom stereocenters. The summed E-state index contributed by atoms with van der Waals surface area (Å²) in [5.74, 6) is -0.0516. The Morgan fingerprint density at radius 1 is 1.18 bits per heavy atom. The van der Waals surface area contributed by atoms with E-state index in [1.165, 1.54) is 24.5 Å². The summed E-state index contributed by atoms with van der Waals surface area (Å²) in [5, 5.41) is 5.73. The van der Waals surface area contributed by atoms with Gasteiger partial charge in [0, 0.05) is 25.0 Å². The van der Waals surface area contributed by atoms with E-state index in [1.54, 1.807) is 19.2 Å². The molecule has 0 bridgehead atoms. The molecular weight excluding hydrogens is 283 g/mol. The summed E-state index contributed by atoms with van der Waals surface area (Å²) >= 11 is 0. The molecule has 1 aromatic heterocycles. The Morgan fingerprint density at radius 2 is 1.77 bits per heavy atom. The van der Waals surface area contributed by atoms with Gasteiger partial charge < -0.3 is 10.6 Å². The third kappa shape index (κ3) is 4.25. The highest BCUT2D eigenvalue weighted by Crippen LogP contribution is 2.14. The first-order valence-corrected chi connectivity index (χ1v) is 6.96. The number of hydrogen-bond acceptors (Lipinski definition) is 4. The van der Waals surface area contributed by atoms with Crippen LogP contribution in [0.25, 0.3) is 0 Å². The van der Waals surface area contributed by atoms with Gasteiger partial charge in [0.1, 0.15) is 5.82 Å². The Bertz CT molecular complexity index is 638. The SMILES string of the molecule is CNc1ncc(C(=O)NC(C)(C)Cc2ccc(F)cc2)cn1. The minimum atomic E-state index is -0.476. The lowest BCUT2D eigenvalue weighted by Crippen LogP contribution is -2.45. The van der Waals surface area contributed by atoms with Gasteiger partial charge in [-0.2, -0.15) is 0 Å². The van der Waals surface area contributed by atoms with Gasteiger partial charge >= 0.3 is 0 Å². The summed E-state index contributed by atoms with van der Waals surface area (Å²) in [5.41, 5.74) is 0.871. The summed E-state index contributed by atoms with van der Waals surface area (Å²) in [6.45, 7) is 3.83. The number of carbonyl (C=O) groups excluding carboxylic acids is 1. The molecule has 6 heteroatoms. The van der Waals surface area contributed by atoms with Crippen LogP contribution in [-0.4, -0.2) is 28.5 Å². The molecule has 22 heavy (non-hydrogen) atoms. The lowest BCUT2D eigenvalue weighted by molar-refractivity contribution is 0.0912. The first kappa shape index (κ1) is 15.9. The first-order chi connectivity index (χ1) is 10.4. The van der Waals surface area contributed by atoms with Crippen LogP contribution >= 0.6 is 0 Å². The lowest BCUT2D eigenvalue weighted by Gasteiger charge is -2.26. The second kappa shape index (κ2) is 6.51. The summed E-state index contributed by atoms with van der Waals surface area (Å²) in [4.78, 5) is 20.3. The Hall–Kier alpha value is -2.50. The molecule has 2 rings (SSSR count). The second-order valence-corrected chi connectivity index (χ2v) is 5.69. The van der Waals surface area contributed by atoms with Crippen molar-refractivity contribution >= 4 is 11.9 Å². The van der Waals surface area contributed by atoms with Crippen molar-refractivity contribution in [2.24, 2.45) is 0 Å². The van der Waals surface area contributed by atoms with Gasteiger partial charge in [0.15, 0.2) is 0 Å². The van der Waals surface area contributed by atoms with Crippen LogP contribution in [-0.2, 0) is 6.42 Å². The molecule has 2 N–H and O–H groups in total. The predicted molar refractivity (Wildman–Crippen MR) is 83.2 cm³/mol. The van der Waals surface area contributed by atoms with Crippen molar-refractivity contribution in [1.29, 1.82) is 0 Å². The van der Waals surface area contributed by atoms with Crippen LogP contribution in [0.2, 0.25) is 0 Å². The van der Waals surface area contributed by atoms with Crippen molar-refractivity contribution in [2.75, 3.05) is 12.4 Å². The number of nitrogens with zero attached hydrogens (tertiary/aromatic N) is 2. The quantitative estimate of drug-likeness (QED) is 0.890. The second-order valence-electron chi connectivity index (χ2n) is 5.69. The van der Waals surface area contributed by atoms with Crippen molar-refractivity contribution in [3.63, 3.8) is 0 Å². The van der Waals surface area contributed by atoms with E-state index < -0.39 is 5.54 Å². The summed E-state index contributed by atoms with van der Waals surface area (Å²) in [6.07, 6.45) is 3.54. The maximum atomic E-state index is 12.9. The summed E-state index contributed by atoms with van der Waals surface area (Å²) < 4.78 is 12.9. The van der Waals surface area contributed by atoms with E-state index in [1.807, 2.05) is 13.8 Å². The van der Waals surface area contributed by atoms with Gasteiger partial charge in [-0.15, -0.1) is 0 Å². The fraction of sp³-hybridized carbons (Fsp3) is 0.312. The molecule has 0 aliphatic heterocycles. The molecule has 0 fully saturated rings. The summed E-state index contributed by atoms with van der Waals surface area (Å²) in [6, 6.07) is 6.26. The molecule has 0 aliphatic carbocycles. The molecule has 1 aromatic carbocycles. The monoisotopic (exact) mass is 302 g/mol. The number of anilines is 1. The van der Waals surface area contributed by atoms with Gasteiger partial charge in [0.05, 0.1) is 5.56 Å². The van der Waals surface area contributed by atoms with Crippen LogP contribution in [0.5, 0.6) is 0 Å². The van der Waals surface area contributed by atoms with Crippen molar-refractivity contribution in [3.8, 4) is 0 Å². The van der Waals surface area contributed by atoms with Crippen molar-refractivity contribution in [2.45, 2.75) is 25.8 Å². The maximum Gasteiger partial charge on any atom is 0.254 e. The number of halogens is 1. The Labute approximate surface area is 129 Å². The molecule has 0 radical (unpaired) electrons. The van der Waals surface area contributed by atoms with Crippen LogP contribution in [0, 0.1) is 5.82 Å². The fourth-order valence-electron chi connectivity index (χ4n) is 2.11. The number of nitrogens with one attached hydrogen (secondary N) is 2. The van der Waals surface area contributed by atoms with E-state index in [0.29, 0.717) is 17.9 Å². The number of aromatic nitrogens is 2. The molecule has 1 heterocycles. The number of benzene rings is 1. The first-order valence-electron chi connectivity index (χ1n) is 6.96. The van der Waals surface area contributed by atoms with Crippen molar-refractivity contribution in [3.05, 3.63) is 53.6 Å². The van der Waals surface area contributed by atoms with Crippen LogP contribution < -0.4 is 10.6 Å². The van der Waals surface area contributed by atoms with E-state index in [4.69, 9.17) is 0 Å². The zero-order valence-electron chi connectivity index (χ0n) is 12.9. The molecule has 0 saturated carbocycles. The molecule has 2 aromatic rings. The molecule has 0 aliphatic rings. The average molecular weight is 302 g/mol. The highest BCUT2D eigenvalue weighted by atomic mass is 19.1. The van der Waals surface area contributed by atoms with Gasteiger partial charge in [0.25, 0.3) is 5.91 Å². The third-order valence-corrected chi connectivity index (χ3v) is 3.15. The largest absolute Gasteiger partial charge is 0.357 e. The van der Waals surface area contributed by atoms with E-state index in [9.17, 15) is 9.18 Å². The zero-order chi connectivity index (χ0) is 16.2. The topological polar surface area (TPSA) is 66.9 Å². The maximum absolute atomic E-state index is 12.9. The molecule has 0 unspecified atom stereocenters. The number of rotatable bonds is 5. The van der Waals surface area contributed by atoms with Gasteiger partial charge in [-0.05, 0) is 38.0 Å². The molecule has 0 spiro atoms. The van der Waals surface area contributed by atoms with E-state index in [2.05, 4.69) is 20.6 Å². The lowest BCUT2D eigenvalue weighted by atomic mass is 9.94. The standard InChI is InChI=1S/C16H19FN4O/c1-16(2,8-11-4-6-13(17)7-5-11)21-14(22)12-9-19-15(18-3)20-10-12/h4-7,9-10H,8H2,1-3H3,(H,21,22)(H,18,19,20). The van der Waals surface area contributed by atoms with Crippen molar-refractivity contribution in [1.82, 2.24) is 15.3 Å². The normalized spacial score (nSPS) is 11.1. The van der Waals surface area contributed by atoms with Crippen LogP contribution in [0.3, 0.4) is 0 Å². The Kier molecular flexibility index (Phi) is 4.70. The van der Waals surface area contributed by atoms with Crippen LogP contribution in [0.1, 0.15) is 29.8 Å². The minimum Gasteiger partial charge on any atom is -0.357 e. The van der Waals surface area contributed by atoms with E-state index >= 15 is 0 Å². The number of hydrogen-bond donors (Lipinski definition) is 2. The molecule has 5 nitrogen and oxygen atoms in total. The molecular formula is C16H19FN4O. The molecule has 116 valence electrons. The highest BCUT2D eigenvalue weighted by molar-refractivity contribution is 5.94. The van der Waals surface area contributed by atoms with Gasteiger partial charge in [0.2, 0.25) is 5.95 Å². The molecule has 1 amide bonds. The van der Waals surface area contributed by atoms with Crippen molar-refractivity contribution < 1.29 is 9.18 Å². The Balaban J connectivity index is 2.03.